The van der Waals surface area contributed by atoms with Gasteiger partial charge >= 0.3 is 6.03 Å². The van der Waals surface area contributed by atoms with Crippen LogP contribution < -0.4 is 15.4 Å². The Labute approximate surface area is 176 Å². The van der Waals surface area contributed by atoms with Gasteiger partial charge in [-0.1, -0.05) is 42.8 Å². The zero-order chi connectivity index (χ0) is 20.9. The van der Waals surface area contributed by atoms with E-state index in [0.717, 1.165) is 11.3 Å². The summed E-state index contributed by atoms with van der Waals surface area (Å²) in [6.45, 7) is 3.46. The third kappa shape index (κ3) is 5.21. The highest BCUT2D eigenvalue weighted by Gasteiger charge is 2.38. The number of anilines is 1. The molecule has 1 aliphatic rings. The fourth-order valence-corrected chi connectivity index (χ4v) is 3.51. The number of nitrogens with zero attached hydrogens (tertiary/aromatic N) is 1. The summed E-state index contributed by atoms with van der Waals surface area (Å²) in [6.07, 6.45) is 1.22. The summed E-state index contributed by atoms with van der Waals surface area (Å²) in [4.78, 5) is 27.0. The average molecular weight is 416 g/mol. The molecule has 0 unspecified atom stereocenters. The molecule has 0 radical (unpaired) electrons. The average Bonchev–Trinajstić information content (AvgIpc) is 2.74. The van der Waals surface area contributed by atoms with E-state index in [1.807, 2.05) is 43.3 Å². The summed E-state index contributed by atoms with van der Waals surface area (Å²) in [5.41, 5.74) is 1.11. The quantitative estimate of drug-likeness (QED) is 0.764. The summed E-state index contributed by atoms with van der Waals surface area (Å²) in [7, 11) is 1.62. The molecule has 29 heavy (non-hydrogen) atoms. The summed E-state index contributed by atoms with van der Waals surface area (Å²) < 4.78 is 5.15. The van der Waals surface area contributed by atoms with Crippen LogP contribution >= 0.6 is 11.6 Å². The van der Waals surface area contributed by atoms with Crippen molar-refractivity contribution in [3.05, 3.63) is 59.1 Å². The van der Waals surface area contributed by atoms with Crippen LogP contribution in [0, 0.1) is 5.41 Å². The highest BCUT2D eigenvalue weighted by Crippen LogP contribution is 2.32. The van der Waals surface area contributed by atoms with E-state index in [1.165, 1.54) is 0 Å². The molecule has 0 aromatic heterocycles. The number of hydrogen-bond acceptors (Lipinski definition) is 3. The lowest BCUT2D eigenvalue weighted by molar-refractivity contribution is -0.132. The highest BCUT2D eigenvalue weighted by molar-refractivity contribution is 6.33. The van der Waals surface area contributed by atoms with Crippen LogP contribution in [0.4, 0.5) is 10.5 Å². The monoisotopic (exact) mass is 415 g/mol. The van der Waals surface area contributed by atoms with Gasteiger partial charge in [-0.15, -0.1) is 0 Å². The topological polar surface area (TPSA) is 70.7 Å². The first-order chi connectivity index (χ1) is 13.9. The molecule has 7 heteroatoms. The number of benzene rings is 2. The number of hydrogen-bond donors (Lipinski definition) is 2. The minimum absolute atomic E-state index is 0.0134. The number of para-hydroxylation sites is 1. The Hall–Kier alpha value is -2.73. The number of nitrogens with one attached hydrogen (secondary N) is 2. The van der Waals surface area contributed by atoms with Crippen LogP contribution in [0.25, 0.3) is 0 Å². The first kappa shape index (κ1) is 21.0. The number of urea groups is 1. The first-order valence-electron chi connectivity index (χ1n) is 9.63. The van der Waals surface area contributed by atoms with Crippen LogP contribution in [0.3, 0.4) is 0 Å². The number of rotatable bonds is 5. The predicted molar refractivity (Wildman–Crippen MR) is 114 cm³/mol. The van der Waals surface area contributed by atoms with E-state index in [1.54, 1.807) is 24.1 Å². The second-order valence-electron chi connectivity index (χ2n) is 7.49. The summed E-state index contributed by atoms with van der Waals surface area (Å²) in [5, 5.41) is 6.36. The fourth-order valence-electron chi connectivity index (χ4n) is 3.33. The van der Waals surface area contributed by atoms with E-state index in [4.69, 9.17) is 16.3 Å². The standard InChI is InChI=1S/C22H26ClN3O3/c1-22(20(27)24-15-16-7-9-17(29-2)10-8-16)11-13-26(14-12-22)21(28)25-19-6-4-3-5-18(19)23/h3-10H,11-15H2,1-2H3,(H,24,27)(H,25,28). The van der Waals surface area contributed by atoms with Crippen molar-refractivity contribution in [2.45, 2.75) is 26.3 Å². The zero-order valence-electron chi connectivity index (χ0n) is 16.7. The van der Waals surface area contributed by atoms with Gasteiger partial charge in [-0.3, -0.25) is 4.79 Å². The number of methoxy groups -OCH3 is 1. The van der Waals surface area contributed by atoms with Crippen molar-refractivity contribution in [1.82, 2.24) is 10.2 Å². The van der Waals surface area contributed by atoms with Gasteiger partial charge in [0, 0.05) is 25.0 Å². The molecule has 0 atom stereocenters. The van der Waals surface area contributed by atoms with Gasteiger partial charge in [-0.2, -0.15) is 0 Å². The number of ether oxygens (including phenoxy) is 1. The van der Waals surface area contributed by atoms with E-state index in [2.05, 4.69) is 10.6 Å². The van der Waals surface area contributed by atoms with Crippen molar-refractivity contribution in [2.75, 3.05) is 25.5 Å². The number of likely N-dealkylation sites (tertiary alicyclic amines) is 1. The van der Waals surface area contributed by atoms with Crippen LogP contribution in [0.15, 0.2) is 48.5 Å². The molecule has 1 aliphatic heterocycles. The van der Waals surface area contributed by atoms with Crippen molar-refractivity contribution in [2.24, 2.45) is 5.41 Å². The summed E-state index contributed by atoms with van der Waals surface area (Å²) >= 11 is 6.10. The molecule has 6 nitrogen and oxygen atoms in total. The number of halogens is 1. The van der Waals surface area contributed by atoms with Crippen molar-refractivity contribution in [1.29, 1.82) is 0 Å². The number of carbonyl (C=O) groups is 2. The third-order valence-corrected chi connectivity index (χ3v) is 5.76. The molecule has 1 fully saturated rings. The maximum absolute atomic E-state index is 12.8. The minimum atomic E-state index is -0.492. The SMILES string of the molecule is COc1ccc(CNC(=O)C2(C)CCN(C(=O)Nc3ccccc3Cl)CC2)cc1. The lowest BCUT2D eigenvalue weighted by Crippen LogP contribution is -2.49. The molecular formula is C22H26ClN3O3. The maximum atomic E-state index is 12.8. The van der Waals surface area contributed by atoms with Crippen molar-refractivity contribution in [3.63, 3.8) is 0 Å². The van der Waals surface area contributed by atoms with E-state index >= 15 is 0 Å². The Bertz CT molecular complexity index is 862. The lowest BCUT2D eigenvalue weighted by Gasteiger charge is -2.38. The Morgan fingerprint density at radius 3 is 2.38 bits per heavy atom. The van der Waals surface area contributed by atoms with Gasteiger partial charge in [0.2, 0.25) is 5.91 Å². The molecule has 2 N–H and O–H groups in total. The second-order valence-corrected chi connectivity index (χ2v) is 7.90. The van der Waals surface area contributed by atoms with Gasteiger partial charge in [0.05, 0.1) is 17.8 Å². The molecule has 154 valence electrons. The van der Waals surface area contributed by atoms with Gasteiger partial charge in [-0.05, 0) is 42.7 Å². The van der Waals surface area contributed by atoms with Crippen LogP contribution in [-0.2, 0) is 11.3 Å². The molecule has 2 aromatic rings. The molecule has 0 spiro atoms. The fraction of sp³-hybridized carbons (Fsp3) is 0.364. The third-order valence-electron chi connectivity index (χ3n) is 5.43. The smallest absolute Gasteiger partial charge is 0.321 e. The summed E-state index contributed by atoms with van der Waals surface area (Å²) in [6, 6.07) is 14.6. The molecule has 2 aromatic carbocycles. The van der Waals surface area contributed by atoms with Gasteiger partial charge in [-0.25, -0.2) is 4.79 Å². The van der Waals surface area contributed by atoms with E-state index in [0.29, 0.717) is 43.2 Å². The molecule has 1 saturated heterocycles. The van der Waals surface area contributed by atoms with Gasteiger partial charge < -0.3 is 20.3 Å². The van der Waals surface area contributed by atoms with Crippen LogP contribution in [0.1, 0.15) is 25.3 Å². The van der Waals surface area contributed by atoms with Crippen LogP contribution in [0.5, 0.6) is 5.75 Å². The molecule has 1 heterocycles. The van der Waals surface area contributed by atoms with Crippen LogP contribution in [0.2, 0.25) is 5.02 Å². The lowest BCUT2D eigenvalue weighted by atomic mass is 9.79. The normalized spacial score (nSPS) is 15.5. The van der Waals surface area contributed by atoms with E-state index in [-0.39, 0.29) is 11.9 Å². The molecule has 0 bridgehead atoms. The molecular weight excluding hydrogens is 390 g/mol. The largest absolute Gasteiger partial charge is 0.497 e. The number of piperidine rings is 1. The van der Waals surface area contributed by atoms with Gasteiger partial charge in [0.1, 0.15) is 5.75 Å². The molecule has 0 aliphatic carbocycles. The Kier molecular flexibility index (Phi) is 6.64. The Balaban J connectivity index is 1.50. The van der Waals surface area contributed by atoms with Crippen molar-refractivity contribution >= 4 is 29.2 Å². The summed E-state index contributed by atoms with van der Waals surface area (Å²) in [5.74, 6) is 0.800. The minimum Gasteiger partial charge on any atom is -0.497 e. The number of carbonyl (C=O) groups excluding carboxylic acids is 2. The zero-order valence-corrected chi connectivity index (χ0v) is 17.5. The van der Waals surface area contributed by atoms with Gasteiger partial charge in [0.15, 0.2) is 0 Å². The second kappa shape index (κ2) is 9.18. The Morgan fingerprint density at radius 1 is 1.10 bits per heavy atom. The van der Waals surface area contributed by atoms with E-state index in [9.17, 15) is 9.59 Å². The molecule has 3 amide bonds. The molecule has 0 saturated carbocycles. The van der Waals surface area contributed by atoms with Gasteiger partial charge in [0.25, 0.3) is 0 Å². The number of amides is 3. The highest BCUT2D eigenvalue weighted by atomic mass is 35.5. The maximum Gasteiger partial charge on any atom is 0.321 e. The van der Waals surface area contributed by atoms with Crippen LogP contribution in [-0.4, -0.2) is 37.0 Å². The van der Waals surface area contributed by atoms with Crippen molar-refractivity contribution in [3.8, 4) is 5.75 Å². The Morgan fingerprint density at radius 2 is 1.76 bits per heavy atom. The predicted octanol–water partition coefficient (Wildman–Crippen LogP) is 4.30. The first-order valence-corrected chi connectivity index (χ1v) is 10.0. The van der Waals surface area contributed by atoms with Crippen molar-refractivity contribution < 1.29 is 14.3 Å². The van der Waals surface area contributed by atoms with E-state index < -0.39 is 5.41 Å². The molecule has 3 rings (SSSR count).